The van der Waals surface area contributed by atoms with E-state index in [0.717, 1.165) is 12.8 Å². The summed E-state index contributed by atoms with van der Waals surface area (Å²) in [5.74, 6) is 0.713. The van der Waals surface area contributed by atoms with E-state index in [1.807, 2.05) is 0 Å². The van der Waals surface area contributed by atoms with Gasteiger partial charge >= 0.3 is 0 Å². The van der Waals surface area contributed by atoms with Crippen LogP contribution in [0.1, 0.15) is 36.1 Å². The van der Waals surface area contributed by atoms with Crippen LogP contribution in [0.4, 0.5) is 0 Å². The predicted molar refractivity (Wildman–Crippen MR) is 62.4 cm³/mol. The molecule has 0 saturated carbocycles. The summed E-state index contributed by atoms with van der Waals surface area (Å²) in [6.07, 6.45) is 1.53. The molecular formula is C12H18N2O3. The second-order valence-electron chi connectivity index (χ2n) is 4.80. The topological polar surface area (TPSA) is 79.7 Å². The number of nitrogens with two attached hydrogens (primary N) is 1. The maximum atomic E-state index is 12.1. The van der Waals surface area contributed by atoms with Crippen molar-refractivity contribution in [3.8, 4) is 0 Å². The van der Waals surface area contributed by atoms with Gasteiger partial charge in [0.2, 0.25) is 0 Å². The SMILES string of the molecule is CC1(O)CCCN(C(=O)c2ccc(CN)o2)C1. The Morgan fingerprint density at radius 3 is 3.00 bits per heavy atom. The Morgan fingerprint density at radius 1 is 1.65 bits per heavy atom. The Hall–Kier alpha value is -1.33. The van der Waals surface area contributed by atoms with Crippen molar-refractivity contribution < 1.29 is 14.3 Å². The quantitative estimate of drug-likeness (QED) is 0.795. The van der Waals surface area contributed by atoms with Crippen molar-refractivity contribution in [1.82, 2.24) is 4.90 Å². The number of likely N-dealkylation sites (tertiary alicyclic amines) is 1. The third kappa shape index (κ3) is 2.68. The lowest BCUT2D eigenvalue weighted by molar-refractivity contribution is -0.0117. The molecule has 1 aromatic heterocycles. The molecule has 1 atom stereocenters. The van der Waals surface area contributed by atoms with Gasteiger partial charge in [0.1, 0.15) is 5.76 Å². The van der Waals surface area contributed by atoms with Crippen LogP contribution in [0, 0.1) is 0 Å². The van der Waals surface area contributed by atoms with Gasteiger partial charge in [-0.1, -0.05) is 0 Å². The fourth-order valence-electron chi connectivity index (χ4n) is 2.15. The molecule has 1 aliphatic rings. The maximum absolute atomic E-state index is 12.1. The molecule has 1 fully saturated rings. The second-order valence-corrected chi connectivity index (χ2v) is 4.80. The Kier molecular flexibility index (Phi) is 3.22. The lowest BCUT2D eigenvalue weighted by Crippen LogP contribution is -2.48. The lowest BCUT2D eigenvalue weighted by Gasteiger charge is -2.36. The van der Waals surface area contributed by atoms with E-state index in [2.05, 4.69) is 0 Å². The van der Waals surface area contributed by atoms with Gasteiger partial charge in [-0.05, 0) is 31.9 Å². The molecule has 0 radical (unpaired) electrons. The van der Waals surface area contributed by atoms with E-state index in [1.165, 1.54) is 0 Å². The van der Waals surface area contributed by atoms with Crippen LogP contribution in [-0.2, 0) is 6.54 Å². The van der Waals surface area contributed by atoms with Crippen LogP contribution in [0.3, 0.4) is 0 Å². The first kappa shape index (κ1) is 12.1. The van der Waals surface area contributed by atoms with Crippen molar-refractivity contribution in [2.75, 3.05) is 13.1 Å². The molecule has 3 N–H and O–H groups in total. The highest BCUT2D eigenvalue weighted by Gasteiger charge is 2.32. The van der Waals surface area contributed by atoms with Gasteiger partial charge < -0.3 is 20.2 Å². The third-order valence-corrected chi connectivity index (χ3v) is 3.04. The average Bonchev–Trinajstić information content (AvgIpc) is 2.75. The van der Waals surface area contributed by atoms with Gasteiger partial charge in [-0.2, -0.15) is 0 Å². The molecule has 1 unspecified atom stereocenters. The molecule has 0 aromatic carbocycles. The van der Waals surface area contributed by atoms with Crippen LogP contribution in [-0.4, -0.2) is 34.6 Å². The van der Waals surface area contributed by atoms with E-state index >= 15 is 0 Å². The molecule has 1 aliphatic heterocycles. The van der Waals surface area contributed by atoms with Gasteiger partial charge in [0.15, 0.2) is 5.76 Å². The number of hydrogen-bond acceptors (Lipinski definition) is 4. The van der Waals surface area contributed by atoms with Crippen molar-refractivity contribution >= 4 is 5.91 Å². The molecule has 17 heavy (non-hydrogen) atoms. The first-order valence-corrected chi connectivity index (χ1v) is 5.82. The Labute approximate surface area is 100 Å². The van der Waals surface area contributed by atoms with Crippen molar-refractivity contribution in [2.45, 2.75) is 31.9 Å². The van der Waals surface area contributed by atoms with Gasteiger partial charge in [-0.15, -0.1) is 0 Å². The van der Waals surface area contributed by atoms with Crippen molar-refractivity contribution in [2.24, 2.45) is 5.73 Å². The lowest BCUT2D eigenvalue weighted by atomic mass is 9.95. The number of carbonyl (C=O) groups excluding carboxylic acids is 1. The average molecular weight is 238 g/mol. The van der Waals surface area contributed by atoms with E-state index in [1.54, 1.807) is 24.0 Å². The van der Waals surface area contributed by atoms with E-state index < -0.39 is 5.60 Å². The number of nitrogens with zero attached hydrogens (tertiary/aromatic N) is 1. The number of rotatable bonds is 2. The molecule has 2 rings (SSSR count). The molecule has 0 aliphatic carbocycles. The molecular weight excluding hydrogens is 220 g/mol. The Morgan fingerprint density at radius 2 is 2.41 bits per heavy atom. The highest BCUT2D eigenvalue weighted by atomic mass is 16.4. The first-order valence-electron chi connectivity index (χ1n) is 5.82. The number of hydrogen-bond donors (Lipinski definition) is 2. The molecule has 0 spiro atoms. The van der Waals surface area contributed by atoms with Gasteiger partial charge in [0.05, 0.1) is 12.1 Å². The van der Waals surface area contributed by atoms with E-state index in [0.29, 0.717) is 24.6 Å². The normalized spacial score (nSPS) is 25.0. The van der Waals surface area contributed by atoms with E-state index in [4.69, 9.17) is 10.2 Å². The zero-order chi connectivity index (χ0) is 12.5. The molecule has 1 saturated heterocycles. The third-order valence-electron chi connectivity index (χ3n) is 3.04. The minimum Gasteiger partial charge on any atom is -0.455 e. The van der Waals surface area contributed by atoms with Gasteiger partial charge in [-0.3, -0.25) is 4.79 Å². The molecule has 5 nitrogen and oxygen atoms in total. The summed E-state index contributed by atoms with van der Waals surface area (Å²) >= 11 is 0. The Bertz CT molecular complexity index is 412. The number of aliphatic hydroxyl groups is 1. The molecule has 0 bridgehead atoms. The molecule has 94 valence electrons. The summed E-state index contributed by atoms with van der Waals surface area (Å²) in [6.45, 7) is 3.04. The first-order chi connectivity index (χ1) is 8.02. The van der Waals surface area contributed by atoms with Crippen LogP contribution < -0.4 is 5.73 Å². The summed E-state index contributed by atoms with van der Waals surface area (Å²) in [4.78, 5) is 13.7. The summed E-state index contributed by atoms with van der Waals surface area (Å²) in [5, 5.41) is 9.95. The molecule has 1 amide bonds. The van der Waals surface area contributed by atoms with Gasteiger partial charge in [-0.25, -0.2) is 0 Å². The number of amides is 1. The smallest absolute Gasteiger partial charge is 0.289 e. The predicted octanol–water partition coefficient (Wildman–Crippen LogP) is 0.725. The number of β-amino-alcohol motifs (C(OH)–C–C–N with tert-alkyl or cyclic N) is 1. The number of carbonyl (C=O) groups is 1. The largest absolute Gasteiger partial charge is 0.455 e. The maximum Gasteiger partial charge on any atom is 0.289 e. The van der Waals surface area contributed by atoms with Crippen molar-refractivity contribution in [3.63, 3.8) is 0 Å². The molecule has 5 heteroatoms. The molecule has 1 aromatic rings. The second kappa shape index (κ2) is 4.50. The van der Waals surface area contributed by atoms with Crippen LogP contribution in [0.5, 0.6) is 0 Å². The summed E-state index contributed by atoms with van der Waals surface area (Å²) in [6, 6.07) is 3.34. The fourth-order valence-corrected chi connectivity index (χ4v) is 2.15. The summed E-state index contributed by atoms with van der Waals surface area (Å²) in [7, 11) is 0. The number of piperidine rings is 1. The minimum atomic E-state index is -0.794. The van der Waals surface area contributed by atoms with Crippen LogP contribution >= 0.6 is 0 Å². The standard InChI is InChI=1S/C12H18N2O3/c1-12(16)5-2-6-14(8-12)11(15)10-4-3-9(7-13)17-10/h3-4,16H,2,5-8,13H2,1H3. The van der Waals surface area contributed by atoms with Crippen LogP contribution in [0.2, 0.25) is 0 Å². The highest BCUT2D eigenvalue weighted by Crippen LogP contribution is 2.22. The minimum absolute atomic E-state index is 0.176. The summed E-state index contributed by atoms with van der Waals surface area (Å²) in [5.41, 5.74) is 4.63. The monoisotopic (exact) mass is 238 g/mol. The van der Waals surface area contributed by atoms with Crippen molar-refractivity contribution in [1.29, 1.82) is 0 Å². The Balaban J connectivity index is 2.09. The van der Waals surface area contributed by atoms with Crippen LogP contribution in [0.25, 0.3) is 0 Å². The molecule has 2 heterocycles. The van der Waals surface area contributed by atoms with E-state index in [-0.39, 0.29) is 12.5 Å². The van der Waals surface area contributed by atoms with Crippen molar-refractivity contribution in [3.05, 3.63) is 23.7 Å². The summed E-state index contributed by atoms with van der Waals surface area (Å²) < 4.78 is 5.32. The zero-order valence-corrected chi connectivity index (χ0v) is 9.98. The highest BCUT2D eigenvalue weighted by molar-refractivity contribution is 5.91. The van der Waals surface area contributed by atoms with E-state index in [9.17, 15) is 9.90 Å². The van der Waals surface area contributed by atoms with Gasteiger partial charge in [0.25, 0.3) is 5.91 Å². The van der Waals surface area contributed by atoms with Crippen LogP contribution in [0.15, 0.2) is 16.5 Å². The fraction of sp³-hybridized carbons (Fsp3) is 0.583. The zero-order valence-electron chi connectivity index (χ0n) is 9.98. The van der Waals surface area contributed by atoms with Gasteiger partial charge in [0, 0.05) is 13.1 Å². The number of furan rings is 1.